The zero-order valence-corrected chi connectivity index (χ0v) is 17.8. The number of aliphatic hydroxyl groups is 2. The van der Waals surface area contributed by atoms with Gasteiger partial charge in [0.05, 0.1) is 0 Å². The molecule has 0 spiro atoms. The SMILES string of the molecule is O=C(NCC(O)C(O)c1cccc2c1CNC2=O)OCC1c2ccccc2-c2ccccc21. The summed E-state index contributed by atoms with van der Waals surface area (Å²) in [4.78, 5) is 24.2. The van der Waals surface area contributed by atoms with E-state index in [4.69, 9.17) is 4.74 Å². The smallest absolute Gasteiger partial charge is 0.407 e. The number of nitrogens with one attached hydrogen (secondary N) is 2. The van der Waals surface area contributed by atoms with Gasteiger partial charge in [0.25, 0.3) is 5.91 Å². The van der Waals surface area contributed by atoms with Crippen LogP contribution >= 0.6 is 0 Å². The minimum atomic E-state index is -1.26. The predicted octanol–water partition coefficient (Wildman–Crippen LogP) is 2.86. The topological polar surface area (TPSA) is 108 Å². The van der Waals surface area contributed by atoms with Crippen molar-refractivity contribution in [3.63, 3.8) is 0 Å². The Labute approximate surface area is 191 Å². The van der Waals surface area contributed by atoms with Gasteiger partial charge in [0.15, 0.2) is 0 Å². The molecular formula is C26H24N2O5. The molecule has 3 aromatic carbocycles. The summed E-state index contributed by atoms with van der Waals surface area (Å²) in [5.74, 6) is -0.263. The molecule has 2 aliphatic rings. The summed E-state index contributed by atoms with van der Waals surface area (Å²) in [6.45, 7) is 0.273. The van der Waals surface area contributed by atoms with Crippen LogP contribution in [0.2, 0.25) is 0 Å². The summed E-state index contributed by atoms with van der Waals surface area (Å²) < 4.78 is 5.47. The Bertz CT molecular complexity index is 1180. The second-order valence-corrected chi connectivity index (χ2v) is 8.27. The molecule has 7 heteroatoms. The first kappa shape index (κ1) is 21.2. The van der Waals surface area contributed by atoms with Crippen molar-refractivity contribution in [1.82, 2.24) is 10.6 Å². The Hall–Kier alpha value is -3.68. The fourth-order valence-corrected chi connectivity index (χ4v) is 4.71. The highest BCUT2D eigenvalue weighted by atomic mass is 16.5. The predicted molar refractivity (Wildman–Crippen MR) is 122 cm³/mol. The Morgan fingerprint density at radius 2 is 1.61 bits per heavy atom. The lowest BCUT2D eigenvalue weighted by Crippen LogP contribution is -2.36. The number of hydrogen-bond donors (Lipinski definition) is 4. The lowest BCUT2D eigenvalue weighted by atomic mass is 9.96. The van der Waals surface area contributed by atoms with Crippen LogP contribution in [0, 0.1) is 0 Å². The Morgan fingerprint density at radius 1 is 0.970 bits per heavy atom. The summed E-state index contributed by atoms with van der Waals surface area (Å²) in [6.07, 6.45) is -3.17. The van der Waals surface area contributed by atoms with Crippen LogP contribution in [0.25, 0.3) is 11.1 Å². The van der Waals surface area contributed by atoms with Gasteiger partial charge in [0.1, 0.15) is 18.8 Å². The molecule has 4 N–H and O–H groups in total. The van der Waals surface area contributed by atoms with E-state index in [9.17, 15) is 19.8 Å². The molecule has 2 amide bonds. The van der Waals surface area contributed by atoms with E-state index in [1.165, 1.54) is 0 Å². The standard InChI is InChI=1S/C26H24N2O5/c29-23(24(30)19-10-5-11-20-21(19)12-27-25(20)31)13-28-26(32)33-14-22-17-8-3-1-6-15(17)16-7-2-4-9-18(16)22/h1-11,22-24,29-30H,12-14H2,(H,27,31)(H,28,32). The molecule has 3 aromatic rings. The van der Waals surface area contributed by atoms with Crippen molar-refractivity contribution in [2.45, 2.75) is 24.7 Å². The molecule has 7 nitrogen and oxygen atoms in total. The largest absolute Gasteiger partial charge is 0.449 e. The summed E-state index contributed by atoms with van der Waals surface area (Å²) in [6, 6.07) is 21.1. The van der Waals surface area contributed by atoms with E-state index in [1.807, 2.05) is 36.4 Å². The number of amides is 2. The van der Waals surface area contributed by atoms with Crippen molar-refractivity contribution in [2.24, 2.45) is 0 Å². The summed E-state index contributed by atoms with van der Waals surface area (Å²) in [7, 11) is 0. The van der Waals surface area contributed by atoms with Crippen molar-refractivity contribution in [2.75, 3.05) is 13.2 Å². The minimum absolute atomic E-state index is 0.0596. The van der Waals surface area contributed by atoms with Gasteiger partial charge in [-0.05, 0) is 39.4 Å². The van der Waals surface area contributed by atoms with Crippen LogP contribution in [0.4, 0.5) is 4.79 Å². The zero-order valence-electron chi connectivity index (χ0n) is 17.8. The molecule has 0 bridgehead atoms. The number of alkyl carbamates (subject to hydrolysis) is 1. The van der Waals surface area contributed by atoms with Crippen molar-refractivity contribution >= 4 is 12.0 Å². The maximum atomic E-state index is 12.3. The molecular weight excluding hydrogens is 420 g/mol. The lowest BCUT2D eigenvalue weighted by Gasteiger charge is -2.21. The molecule has 1 aliphatic heterocycles. The Balaban J connectivity index is 1.19. The normalized spacial score (nSPS) is 15.8. The third-order valence-electron chi connectivity index (χ3n) is 6.36. The van der Waals surface area contributed by atoms with Gasteiger partial charge < -0.3 is 25.6 Å². The molecule has 0 saturated carbocycles. The molecule has 33 heavy (non-hydrogen) atoms. The van der Waals surface area contributed by atoms with Gasteiger partial charge in [0, 0.05) is 24.6 Å². The molecule has 5 rings (SSSR count). The van der Waals surface area contributed by atoms with Gasteiger partial charge in [-0.3, -0.25) is 4.79 Å². The van der Waals surface area contributed by atoms with Crippen molar-refractivity contribution < 1.29 is 24.5 Å². The molecule has 1 heterocycles. The average molecular weight is 444 g/mol. The van der Waals surface area contributed by atoms with Crippen LogP contribution in [-0.2, 0) is 11.3 Å². The fraction of sp³-hybridized carbons (Fsp3) is 0.231. The minimum Gasteiger partial charge on any atom is -0.449 e. The maximum Gasteiger partial charge on any atom is 0.407 e. The van der Waals surface area contributed by atoms with E-state index in [1.54, 1.807) is 18.2 Å². The number of fused-ring (bicyclic) bond motifs is 4. The van der Waals surface area contributed by atoms with Gasteiger partial charge in [-0.1, -0.05) is 60.7 Å². The van der Waals surface area contributed by atoms with Crippen molar-refractivity contribution in [3.8, 4) is 11.1 Å². The van der Waals surface area contributed by atoms with Gasteiger partial charge in [-0.15, -0.1) is 0 Å². The Kier molecular flexibility index (Phi) is 5.58. The third kappa shape index (κ3) is 3.86. The van der Waals surface area contributed by atoms with Gasteiger partial charge in [-0.25, -0.2) is 4.79 Å². The van der Waals surface area contributed by atoms with E-state index >= 15 is 0 Å². The highest BCUT2D eigenvalue weighted by Gasteiger charge is 2.30. The van der Waals surface area contributed by atoms with Crippen LogP contribution in [0.5, 0.6) is 0 Å². The van der Waals surface area contributed by atoms with Crippen molar-refractivity contribution in [1.29, 1.82) is 0 Å². The van der Waals surface area contributed by atoms with Gasteiger partial charge >= 0.3 is 6.09 Å². The third-order valence-corrected chi connectivity index (χ3v) is 6.36. The first-order chi connectivity index (χ1) is 16.0. The molecule has 0 radical (unpaired) electrons. The molecule has 0 saturated heterocycles. The van der Waals surface area contributed by atoms with Crippen LogP contribution < -0.4 is 10.6 Å². The number of aliphatic hydroxyl groups excluding tert-OH is 2. The second kappa shape index (κ2) is 8.69. The van der Waals surface area contributed by atoms with Crippen LogP contribution in [0.3, 0.4) is 0 Å². The highest BCUT2D eigenvalue weighted by molar-refractivity contribution is 5.98. The molecule has 2 unspecified atom stereocenters. The van der Waals surface area contributed by atoms with Crippen molar-refractivity contribution in [3.05, 3.63) is 94.5 Å². The molecule has 168 valence electrons. The number of hydrogen-bond acceptors (Lipinski definition) is 5. The molecule has 2 atom stereocenters. The number of rotatable bonds is 6. The van der Waals surface area contributed by atoms with E-state index in [2.05, 4.69) is 22.8 Å². The first-order valence-electron chi connectivity index (χ1n) is 10.9. The summed E-state index contributed by atoms with van der Waals surface area (Å²) in [5.41, 5.74) is 6.13. The monoisotopic (exact) mass is 444 g/mol. The number of benzene rings is 3. The van der Waals surface area contributed by atoms with Crippen LogP contribution in [-0.4, -0.2) is 41.5 Å². The van der Waals surface area contributed by atoms with Crippen LogP contribution in [0.1, 0.15) is 44.6 Å². The average Bonchev–Trinajstić information content (AvgIpc) is 3.38. The summed E-state index contributed by atoms with van der Waals surface area (Å²) >= 11 is 0. The van der Waals surface area contributed by atoms with E-state index in [0.29, 0.717) is 23.2 Å². The lowest BCUT2D eigenvalue weighted by molar-refractivity contribution is 0.0181. The Morgan fingerprint density at radius 3 is 2.30 bits per heavy atom. The second-order valence-electron chi connectivity index (χ2n) is 8.27. The molecule has 0 aromatic heterocycles. The van der Waals surface area contributed by atoms with E-state index < -0.39 is 18.3 Å². The maximum absolute atomic E-state index is 12.3. The quantitative estimate of drug-likeness (QED) is 0.468. The van der Waals surface area contributed by atoms with E-state index in [0.717, 1.165) is 22.3 Å². The van der Waals surface area contributed by atoms with E-state index in [-0.39, 0.29) is 25.0 Å². The first-order valence-corrected chi connectivity index (χ1v) is 10.9. The summed E-state index contributed by atoms with van der Waals surface area (Å²) in [5, 5.41) is 26.3. The number of carbonyl (C=O) groups excluding carboxylic acids is 2. The van der Waals surface area contributed by atoms with Crippen LogP contribution in [0.15, 0.2) is 66.7 Å². The molecule has 0 fully saturated rings. The highest BCUT2D eigenvalue weighted by Crippen LogP contribution is 2.44. The molecule has 1 aliphatic carbocycles. The number of carbonyl (C=O) groups is 2. The number of ether oxygens (including phenoxy) is 1. The zero-order chi connectivity index (χ0) is 22.9. The van der Waals surface area contributed by atoms with Gasteiger partial charge in [0.2, 0.25) is 0 Å². The van der Waals surface area contributed by atoms with Gasteiger partial charge in [-0.2, -0.15) is 0 Å². The fourth-order valence-electron chi connectivity index (χ4n) is 4.71.